The van der Waals surface area contributed by atoms with E-state index >= 15 is 0 Å². The number of carbonyl (C=O) groups is 1. The van der Waals surface area contributed by atoms with Crippen LogP contribution in [0.25, 0.3) is 0 Å². The van der Waals surface area contributed by atoms with Crippen LogP contribution in [-0.4, -0.2) is 37.1 Å². The highest BCUT2D eigenvalue weighted by Gasteiger charge is 2.32. The molecule has 2 rings (SSSR count). The van der Waals surface area contributed by atoms with Crippen molar-refractivity contribution in [3.05, 3.63) is 32.8 Å². The first-order valence-corrected chi connectivity index (χ1v) is 7.51. The van der Waals surface area contributed by atoms with E-state index in [1.807, 2.05) is 0 Å². The fourth-order valence-electron chi connectivity index (χ4n) is 2.07. The van der Waals surface area contributed by atoms with E-state index in [4.69, 9.17) is 14.2 Å². The van der Waals surface area contributed by atoms with Crippen molar-refractivity contribution < 1.29 is 23.9 Å². The quantitative estimate of drug-likeness (QED) is 0.627. The second kappa shape index (κ2) is 7.13. The van der Waals surface area contributed by atoms with Gasteiger partial charge in [0, 0.05) is 11.4 Å². The molecule has 9 nitrogen and oxygen atoms in total. The molecular weight excluding hydrogens is 338 g/mol. The van der Waals surface area contributed by atoms with Crippen LogP contribution in [0.2, 0.25) is 0 Å². The molecule has 2 aromatic rings. The highest BCUT2D eigenvalue weighted by molar-refractivity contribution is 7.13. The number of nitro groups is 1. The normalized spacial score (nSPS) is 10.2. The molecule has 0 bridgehead atoms. The highest BCUT2D eigenvalue weighted by Crippen LogP contribution is 2.46. The monoisotopic (exact) mass is 353 g/mol. The number of hydrogen-bond donors (Lipinski definition) is 1. The molecule has 10 heteroatoms. The van der Waals surface area contributed by atoms with Gasteiger partial charge in [-0.1, -0.05) is 0 Å². The Morgan fingerprint density at radius 1 is 1.25 bits per heavy atom. The molecule has 0 radical (unpaired) electrons. The van der Waals surface area contributed by atoms with Crippen LogP contribution < -0.4 is 19.5 Å². The van der Waals surface area contributed by atoms with Crippen molar-refractivity contribution >= 4 is 28.1 Å². The molecule has 0 fully saturated rings. The first kappa shape index (κ1) is 17.5. The Balaban J connectivity index is 2.58. The zero-order valence-corrected chi connectivity index (χ0v) is 14.2. The van der Waals surface area contributed by atoms with Crippen LogP contribution in [0.5, 0.6) is 17.2 Å². The Morgan fingerprint density at radius 2 is 1.92 bits per heavy atom. The third kappa shape index (κ3) is 3.23. The van der Waals surface area contributed by atoms with E-state index < -0.39 is 16.5 Å². The number of nitrogens with zero attached hydrogens (tertiary/aromatic N) is 2. The second-order valence-corrected chi connectivity index (χ2v) is 5.40. The Morgan fingerprint density at radius 3 is 2.38 bits per heavy atom. The van der Waals surface area contributed by atoms with Gasteiger partial charge >= 0.3 is 5.69 Å². The molecule has 0 aliphatic carbocycles. The number of ether oxygens (including phenoxy) is 3. The van der Waals surface area contributed by atoms with Crippen molar-refractivity contribution in [2.45, 2.75) is 6.92 Å². The molecule has 0 saturated carbocycles. The molecule has 1 heterocycles. The number of thiazole rings is 1. The maximum Gasteiger partial charge on any atom is 0.327 e. The maximum atomic E-state index is 12.5. The second-order valence-electron chi connectivity index (χ2n) is 4.55. The summed E-state index contributed by atoms with van der Waals surface area (Å²) in [5.41, 5.74) is -0.00188. The number of hydrogen-bond acceptors (Lipinski definition) is 8. The van der Waals surface area contributed by atoms with Crippen LogP contribution >= 0.6 is 11.3 Å². The van der Waals surface area contributed by atoms with Crippen LogP contribution in [0.15, 0.2) is 11.4 Å². The number of rotatable bonds is 6. The van der Waals surface area contributed by atoms with Crippen molar-refractivity contribution in [3.8, 4) is 17.2 Å². The number of nitro benzene ring substituents is 1. The van der Waals surface area contributed by atoms with Crippen LogP contribution in [0.1, 0.15) is 16.1 Å². The minimum atomic E-state index is -0.706. The summed E-state index contributed by atoms with van der Waals surface area (Å²) in [5.74, 6) is -0.716. The molecule has 1 N–H and O–H groups in total. The Kier molecular flexibility index (Phi) is 5.19. The summed E-state index contributed by atoms with van der Waals surface area (Å²) in [6.07, 6.45) is 0. The molecule has 0 atom stereocenters. The summed E-state index contributed by atoms with van der Waals surface area (Å²) >= 11 is 1.21. The van der Waals surface area contributed by atoms with Crippen molar-refractivity contribution in [2.24, 2.45) is 0 Å². The molecule has 0 unspecified atom stereocenters. The maximum absolute atomic E-state index is 12.5. The number of anilines is 1. The predicted octanol–water partition coefficient (Wildman–Crippen LogP) is 2.64. The van der Waals surface area contributed by atoms with E-state index in [1.54, 1.807) is 12.3 Å². The van der Waals surface area contributed by atoms with Gasteiger partial charge in [-0.05, 0) is 6.92 Å². The predicted molar refractivity (Wildman–Crippen MR) is 87.6 cm³/mol. The number of methoxy groups -OCH3 is 3. The van der Waals surface area contributed by atoms with Crippen LogP contribution in [0, 0.1) is 17.0 Å². The molecule has 0 aliphatic heterocycles. The molecule has 24 heavy (non-hydrogen) atoms. The first-order chi connectivity index (χ1) is 11.4. The summed E-state index contributed by atoms with van der Waals surface area (Å²) in [5, 5.41) is 16.1. The number of aryl methyl sites for hydroxylation is 1. The number of nitrogens with one attached hydrogen (secondary N) is 1. The molecule has 0 aliphatic rings. The van der Waals surface area contributed by atoms with Gasteiger partial charge in [-0.2, -0.15) is 0 Å². The molecule has 0 spiro atoms. The van der Waals surface area contributed by atoms with Gasteiger partial charge in [0.05, 0.1) is 31.9 Å². The van der Waals surface area contributed by atoms with Gasteiger partial charge in [-0.15, -0.1) is 11.3 Å². The largest absolute Gasteiger partial charge is 0.493 e. The molecular formula is C14H15N3O6S. The van der Waals surface area contributed by atoms with Gasteiger partial charge in [-0.3, -0.25) is 20.2 Å². The van der Waals surface area contributed by atoms with E-state index in [0.29, 0.717) is 5.13 Å². The molecule has 1 amide bonds. The van der Waals surface area contributed by atoms with Gasteiger partial charge in [0.2, 0.25) is 11.5 Å². The van der Waals surface area contributed by atoms with Crippen LogP contribution in [0.3, 0.4) is 0 Å². The lowest BCUT2D eigenvalue weighted by Gasteiger charge is -2.14. The minimum absolute atomic E-state index is 0.0355. The Labute approximate surface area is 141 Å². The van der Waals surface area contributed by atoms with E-state index in [9.17, 15) is 14.9 Å². The smallest absolute Gasteiger partial charge is 0.327 e. The number of amides is 1. The summed E-state index contributed by atoms with van der Waals surface area (Å²) < 4.78 is 15.3. The Bertz CT molecular complexity index is 789. The number of benzene rings is 1. The van der Waals surface area contributed by atoms with Crippen molar-refractivity contribution in [1.29, 1.82) is 0 Å². The van der Waals surface area contributed by atoms with Gasteiger partial charge in [0.25, 0.3) is 5.91 Å². The van der Waals surface area contributed by atoms with Crippen molar-refractivity contribution in [3.63, 3.8) is 0 Å². The Hall–Kier alpha value is -2.88. The van der Waals surface area contributed by atoms with Crippen LogP contribution in [-0.2, 0) is 0 Å². The van der Waals surface area contributed by atoms with Crippen molar-refractivity contribution in [1.82, 2.24) is 4.98 Å². The van der Waals surface area contributed by atoms with E-state index in [2.05, 4.69) is 10.3 Å². The summed E-state index contributed by atoms with van der Waals surface area (Å²) in [6.45, 7) is 1.77. The lowest BCUT2D eigenvalue weighted by Crippen LogP contribution is -2.15. The lowest BCUT2D eigenvalue weighted by molar-refractivity contribution is -0.386. The summed E-state index contributed by atoms with van der Waals surface area (Å²) in [7, 11) is 3.92. The highest BCUT2D eigenvalue weighted by atomic mass is 32.1. The van der Waals surface area contributed by atoms with E-state index in [-0.39, 0.29) is 22.8 Å². The fraction of sp³-hybridized carbons (Fsp3) is 0.286. The average Bonchev–Trinajstić information content (AvgIpc) is 2.96. The third-order valence-electron chi connectivity index (χ3n) is 3.07. The average molecular weight is 353 g/mol. The molecule has 0 saturated heterocycles. The molecule has 1 aromatic heterocycles. The fourth-order valence-corrected chi connectivity index (χ4v) is 2.75. The summed E-state index contributed by atoms with van der Waals surface area (Å²) in [4.78, 5) is 27.3. The van der Waals surface area contributed by atoms with E-state index in [0.717, 1.165) is 5.69 Å². The first-order valence-electron chi connectivity index (χ1n) is 6.63. The van der Waals surface area contributed by atoms with Crippen molar-refractivity contribution in [2.75, 3.05) is 26.6 Å². The van der Waals surface area contributed by atoms with Gasteiger partial charge < -0.3 is 14.2 Å². The molecule has 1 aromatic carbocycles. The number of aromatic nitrogens is 1. The zero-order valence-electron chi connectivity index (χ0n) is 13.4. The zero-order chi connectivity index (χ0) is 17.9. The van der Waals surface area contributed by atoms with Gasteiger partial charge in [-0.25, -0.2) is 4.98 Å². The molecule has 128 valence electrons. The summed E-state index contributed by atoms with van der Waals surface area (Å²) in [6, 6.07) is 1.23. The minimum Gasteiger partial charge on any atom is -0.493 e. The van der Waals surface area contributed by atoms with Gasteiger partial charge in [0.1, 0.15) is 5.56 Å². The SMILES string of the molecule is COc1cc(C(=O)Nc2nc(C)cs2)c([N+](=O)[O-])c(OC)c1OC. The van der Waals surface area contributed by atoms with Gasteiger partial charge in [0.15, 0.2) is 10.9 Å². The number of carbonyl (C=O) groups excluding carboxylic acids is 1. The lowest BCUT2D eigenvalue weighted by atomic mass is 10.1. The third-order valence-corrected chi connectivity index (χ3v) is 3.95. The topological polar surface area (TPSA) is 113 Å². The van der Waals surface area contributed by atoms with Crippen LogP contribution in [0.4, 0.5) is 10.8 Å². The van der Waals surface area contributed by atoms with E-state index in [1.165, 1.54) is 38.7 Å². The standard InChI is InChI=1S/C14H15N3O6S/c1-7-6-24-14(15-7)16-13(18)8-5-9(21-2)11(22-3)12(23-4)10(8)17(19)20/h5-6H,1-4H3,(H,15,16,18).